The average molecular weight is 266 g/mol. The predicted molar refractivity (Wildman–Crippen MR) is 72.4 cm³/mol. The summed E-state index contributed by atoms with van der Waals surface area (Å²) in [5, 5.41) is 0. The zero-order valence-corrected chi connectivity index (χ0v) is 12.0. The van der Waals surface area contributed by atoms with E-state index >= 15 is 0 Å². The van der Waals surface area contributed by atoms with Gasteiger partial charge in [-0.15, -0.1) is 0 Å². The highest BCUT2D eigenvalue weighted by atomic mass is 16.6. The number of esters is 2. The van der Waals surface area contributed by atoms with Crippen LogP contribution in [0, 0.1) is 11.3 Å². The Hall–Kier alpha value is -1.58. The molecule has 0 aromatic heterocycles. The van der Waals surface area contributed by atoms with E-state index in [0.717, 1.165) is 11.1 Å². The minimum absolute atomic E-state index is 0.0335. The summed E-state index contributed by atoms with van der Waals surface area (Å²) in [5.41, 5.74) is 0.501. The third kappa shape index (κ3) is 2.88. The molecule has 0 saturated heterocycles. The van der Waals surface area contributed by atoms with E-state index in [9.17, 15) is 9.59 Å². The van der Waals surface area contributed by atoms with Crippen LogP contribution >= 0.6 is 0 Å². The number of allylic oxidation sites excluding steroid dienone is 2. The van der Waals surface area contributed by atoms with Crippen LogP contribution in [0.15, 0.2) is 24.3 Å². The Balaban J connectivity index is 3.08. The van der Waals surface area contributed by atoms with Crippen molar-refractivity contribution in [3.63, 3.8) is 0 Å². The van der Waals surface area contributed by atoms with Gasteiger partial charge in [-0.3, -0.25) is 9.59 Å². The van der Waals surface area contributed by atoms with Crippen LogP contribution in [0.1, 0.15) is 33.6 Å². The van der Waals surface area contributed by atoms with Crippen molar-refractivity contribution in [2.75, 3.05) is 13.2 Å². The average Bonchev–Trinajstić information content (AvgIpc) is 2.69. The molecule has 1 atom stereocenters. The van der Waals surface area contributed by atoms with Crippen LogP contribution in [0.5, 0.6) is 0 Å². The second kappa shape index (κ2) is 6.04. The fourth-order valence-corrected chi connectivity index (χ4v) is 2.53. The Morgan fingerprint density at radius 1 is 1.26 bits per heavy atom. The Labute approximate surface area is 114 Å². The van der Waals surface area contributed by atoms with Crippen LogP contribution in [-0.4, -0.2) is 25.2 Å². The second-order valence-electron chi connectivity index (χ2n) is 4.96. The molecule has 106 valence electrons. The topological polar surface area (TPSA) is 52.6 Å². The molecule has 0 spiro atoms. The monoisotopic (exact) mass is 266 g/mol. The maximum atomic E-state index is 12.2. The molecule has 1 unspecified atom stereocenters. The van der Waals surface area contributed by atoms with Crippen molar-refractivity contribution in [3.8, 4) is 0 Å². The van der Waals surface area contributed by atoms with Crippen molar-refractivity contribution in [3.05, 3.63) is 24.3 Å². The van der Waals surface area contributed by atoms with Crippen LogP contribution in [0.3, 0.4) is 0 Å². The van der Waals surface area contributed by atoms with E-state index < -0.39 is 17.4 Å². The standard InChI is InChI=1S/C15H22O4/c1-6-18-13(16)15(14(17)19-7-2)8-11(5)12(9-15)10(3)4/h12H,3,5-9H2,1-2,4H3. The summed E-state index contributed by atoms with van der Waals surface area (Å²) in [6.07, 6.45) is 0.626. The van der Waals surface area contributed by atoms with Gasteiger partial charge < -0.3 is 9.47 Å². The SMILES string of the molecule is C=C(C)C1CC(C(=O)OCC)(C(=O)OCC)CC1=C. The first kappa shape index (κ1) is 15.5. The van der Waals surface area contributed by atoms with Gasteiger partial charge in [0.2, 0.25) is 0 Å². The Morgan fingerprint density at radius 3 is 2.05 bits per heavy atom. The van der Waals surface area contributed by atoms with Gasteiger partial charge in [-0.05, 0) is 33.6 Å². The second-order valence-corrected chi connectivity index (χ2v) is 4.96. The third-order valence-corrected chi connectivity index (χ3v) is 3.50. The fourth-order valence-electron chi connectivity index (χ4n) is 2.53. The number of hydrogen-bond donors (Lipinski definition) is 0. The van der Waals surface area contributed by atoms with E-state index in [1.165, 1.54) is 0 Å². The van der Waals surface area contributed by atoms with Gasteiger partial charge in [0, 0.05) is 5.92 Å². The zero-order valence-electron chi connectivity index (χ0n) is 12.0. The summed E-state index contributed by atoms with van der Waals surface area (Å²) in [4.78, 5) is 24.4. The molecule has 19 heavy (non-hydrogen) atoms. The molecule has 0 heterocycles. The summed E-state index contributed by atoms with van der Waals surface area (Å²) in [6, 6.07) is 0. The van der Waals surface area contributed by atoms with E-state index in [1.54, 1.807) is 13.8 Å². The van der Waals surface area contributed by atoms with Crippen LogP contribution in [0.4, 0.5) is 0 Å². The summed E-state index contributed by atoms with van der Waals surface area (Å²) < 4.78 is 10.1. The lowest BCUT2D eigenvalue weighted by Crippen LogP contribution is -2.40. The first-order valence-corrected chi connectivity index (χ1v) is 6.56. The number of carbonyl (C=O) groups excluding carboxylic acids is 2. The molecule has 0 N–H and O–H groups in total. The molecule has 0 aliphatic heterocycles. The number of carbonyl (C=O) groups is 2. The zero-order chi connectivity index (χ0) is 14.6. The first-order valence-electron chi connectivity index (χ1n) is 6.56. The summed E-state index contributed by atoms with van der Waals surface area (Å²) in [6.45, 7) is 13.7. The van der Waals surface area contributed by atoms with Crippen molar-refractivity contribution in [1.82, 2.24) is 0 Å². The fraction of sp³-hybridized carbons (Fsp3) is 0.600. The van der Waals surface area contributed by atoms with Gasteiger partial charge in [0.05, 0.1) is 13.2 Å². The van der Waals surface area contributed by atoms with Gasteiger partial charge in [0.1, 0.15) is 0 Å². The molecule has 0 amide bonds. The normalized spacial score (nSPS) is 21.0. The molecule has 4 nitrogen and oxygen atoms in total. The van der Waals surface area contributed by atoms with Crippen LogP contribution in [0.25, 0.3) is 0 Å². The molecule has 0 aromatic rings. The lowest BCUT2D eigenvalue weighted by Gasteiger charge is -2.24. The highest BCUT2D eigenvalue weighted by Crippen LogP contribution is 2.48. The van der Waals surface area contributed by atoms with E-state index in [1.807, 2.05) is 6.92 Å². The number of rotatable bonds is 5. The highest BCUT2D eigenvalue weighted by molar-refractivity contribution is 6.01. The summed E-state index contributed by atoms with van der Waals surface area (Å²) >= 11 is 0. The summed E-state index contributed by atoms with van der Waals surface area (Å²) in [5.74, 6) is -1.06. The molecule has 1 fully saturated rings. The smallest absolute Gasteiger partial charge is 0.323 e. The van der Waals surface area contributed by atoms with Crippen LogP contribution in [-0.2, 0) is 19.1 Å². The van der Waals surface area contributed by atoms with Crippen molar-refractivity contribution in [2.45, 2.75) is 33.6 Å². The summed E-state index contributed by atoms with van der Waals surface area (Å²) in [7, 11) is 0. The van der Waals surface area contributed by atoms with Gasteiger partial charge in [-0.1, -0.05) is 24.3 Å². The van der Waals surface area contributed by atoms with Gasteiger partial charge in [-0.2, -0.15) is 0 Å². The van der Waals surface area contributed by atoms with Crippen molar-refractivity contribution in [2.24, 2.45) is 11.3 Å². The lowest BCUT2D eigenvalue weighted by atomic mass is 9.84. The molecule has 1 aliphatic carbocycles. The van der Waals surface area contributed by atoms with E-state index in [0.29, 0.717) is 6.42 Å². The van der Waals surface area contributed by atoms with Gasteiger partial charge in [0.15, 0.2) is 5.41 Å². The van der Waals surface area contributed by atoms with E-state index in [4.69, 9.17) is 9.47 Å². The molecular weight excluding hydrogens is 244 g/mol. The Morgan fingerprint density at radius 2 is 1.74 bits per heavy atom. The van der Waals surface area contributed by atoms with Crippen molar-refractivity contribution < 1.29 is 19.1 Å². The number of ether oxygens (including phenoxy) is 2. The van der Waals surface area contributed by atoms with E-state index in [2.05, 4.69) is 13.2 Å². The largest absolute Gasteiger partial charge is 0.465 e. The first-order chi connectivity index (χ1) is 8.89. The minimum atomic E-state index is -1.24. The molecular formula is C15H22O4. The van der Waals surface area contributed by atoms with Crippen molar-refractivity contribution >= 4 is 11.9 Å². The van der Waals surface area contributed by atoms with Gasteiger partial charge >= 0.3 is 11.9 Å². The Bertz CT molecular complexity index is 390. The van der Waals surface area contributed by atoms with Crippen LogP contribution < -0.4 is 0 Å². The minimum Gasteiger partial charge on any atom is -0.465 e. The molecule has 0 bridgehead atoms. The molecule has 1 aliphatic rings. The predicted octanol–water partition coefficient (Wildman–Crippen LogP) is 2.64. The Kier molecular flexibility index (Phi) is 4.92. The van der Waals surface area contributed by atoms with Gasteiger partial charge in [0.25, 0.3) is 0 Å². The molecule has 0 radical (unpaired) electrons. The van der Waals surface area contributed by atoms with Crippen LogP contribution in [0.2, 0.25) is 0 Å². The van der Waals surface area contributed by atoms with E-state index in [-0.39, 0.29) is 25.6 Å². The highest BCUT2D eigenvalue weighted by Gasteiger charge is 2.55. The van der Waals surface area contributed by atoms with Crippen molar-refractivity contribution in [1.29, 1.82) is 0 Å². The maximum Gasteiger partial charge on any atom is 0.323 e. The quantitative estimate of drug-likeness (QED) is 0.436. The molecule has 0 aromatic carbocycles. The van der Waals surface area contributed by atoms with Gasteiger partial charge in [-0.25, -0.2) is 0 Å². The maximum absolute atomic E-state index is 12.2. The third-order valence-electron chi connectivity index (χ3n) is 3.50. The molecule has 1 rings (SSSR count). The molecule has 1 saturated carbocycles. The number of hydrogen-bond acceptors (Lipinski definition) is 4. The molecule has 4 heteroatoms. The lowest BCUT2D eigenvalue weighted by molar-refractivity contribution is -0.171.